The van der Waals surface area contributed by atoms with Crippen LogP contribution in [0.15, 0.2) is 56.7 Å². The molecule has 0 saturated carbocycles. The van der Waals surface area contributed by atoms with Gasteiger partial charge in [-0.1, -0.05) is 35.5 Å². The van der Waals surface area contributed by atoms with Crippen molar-refractivity contribution in [2.75, 3.05) is 6.61 Å². The standard InChI is InChI=1S/C24H23N3O10/c1-12(28)33-11-19-20(34-13(2)29)21(35-14(3)30)23(36-19)27-10-16(22(31)25-24(27)32)17-9-18(37-26-17)15-7-5-4-6-8-15/h4-10,19-21,23H,11H2,1-3H3,(H,25,31,32)/t19-,20-,21-,23-/m1/s1. The minimum atomic E-state index is -1.35. The van der Waals surface area contributed by atoms with Crippen LogP contribution in [-0.2, 0) is 33.3 Å². The molecular weight excluding hydrogens is 490 g/mol. The summed E-state index contributed by atoms with van der Waals surface area (Å²) in [6, 6.07) is 10.6. The van der Waals surface area contributed by atoms with Crippen LogP contribution >= 0.6 is 0 Å². The molecule has 3 heterocycles. The number of esters is 3. The van der Waals surface area contributed by atoms with Crippen LogP contribution in [0.1, 0.15) is 27.0 Å². The van der Waals surface area contributed by atoms with E-state index in [1.807, 2.05) is 18.2 Å². The summed E-state index contributed by atoms with van der Waals surface area (Å²) in [6.45, 7) is 3.09. The molecule has 1 fully saturated rings. The van der Waals surface area contributed by atoms with Gasteiger partial charge in [0.05, 0.1) is 5.56 Å². The van der Waals surface area contributed by atoms with Gasteiger partial charge in [0.15, 0.2) is 24.2 Å². The maximum Gasteiger partial charge on any atom is 0.330 e. The number of carbonyl (C=O) groups is 3. The van der Waals surface area contributed by atoms with Gasteiger partial charge in [0, 0.05) is 38.6 Å². The molecule has 1 saturated heterocycles. The van der Waals surface area contributed by atoms with Gasteiger partial charge in [-0.05, 0) is 0 Å². The summed E-state index contributed by atoms with van der Waals surface area (Å²) < 4.78 is 27.9. The molecule has 4 atom stereocenters. The predicted octanol–water partition coefficient (Wildman–Crippen LogP) is 1.18. The summed E-state index contributed by atoms with van der Waals surface area (Å²) in [5.41, 5.74) is -0.828. The van der Waals surface area contributed by atoms with E-state index in [2.05, 4.69) is 10.1 Å². The number of nitrogens with one attached hydrogen (secondary N) is 1. The van der Waals surface area contributed by atoms with Crippen molar-refractivity contribution in [1.82, 2.24) is 14.7 Å². The molecule has 37 heavy (non-hydrogen) atoms. The largest absolute Gasteiger partial charge is 0.463 e. The van der Waals surface area contributed by atoms with E-state index < -0.39 is 53.7 Å². The molecule has 1 aliphatic heterocycles. The molecule has 0 bridgehead atoms. The number of nitrogens with zero attached hydrogens (tertiary/aromatic N) is 2. The third-order valence-corrected chi connectivity index (χ3v) is 5.43. The van der Waals surface area contributed by atoms with Crippen molar-refractivity contribution in [3.8, 4) is 22.6 Å². The summed E-state index contributed by atoms with van der Waals surface area (Å²) >= 11 is 0. The molecule has 0 unspecified atom stereocenters. The number of ether oxygens (including phenoxy) is 4. The lowest BCUT2D eigenvalue weighted by atomic mass is 10.1. The predicted molar refractivity (Wildman–Crippen MR) is 124 cm³/mol. The van der Waals surface area contributed by atoms with Crippen molar-refractivity contribution < 1.29 is 37.9 Å². The van der Waals surface area contributed by atoms with Crippen LogP contribution in [0, 0.1) is 0 Å². The average molecular weight is 513 g/mol. The lowest BCUT2D eigenvalue weighted by molar-refractivity contribution is -0.166. The highest BCUT2D eigenvalue weighted by atomic mass is 16.7. The zero-order valence-corrected chi connectivity index (χ0v) is 20.0. The normalized spacial score (nSPS) is 20.8. The Morgan fingerprint density at radius 2 is 1.68 bits per heavy atom. The molecule has 0 aliphatic carbocycles. The second-order valence-electron chi connectivity index (χ2n) is 8.17. The van der Waals surface area contributed by atoms with Crippen LogP contribution in [0.3, 0.4) is 0 Å². The van der Waals surface area contributed by atoms with Gasteiger partial charge in [0.2, 0.25) is 0 Å². The first-order chi connectivity index (χ1) is 17.6. The van der Waals surface area contributed by atoms with E-state index in [-0.39, 0.29) is 17.9 Å². The molecule has 3 aromatic rings. The van der Waals surface area contributed by atoms with Crippen molar-refractivity contribution in [1.29, 1.82) is 0 Å². The molecule has 1 aliphatic rings. The van der Waals surface area contributed by atoms with E-state index in [9.17, 15) is 24.0 Å². The SMILES string of the molecule is CC(=O)OC[C@H]1O[C@@H](n2cc(-c3cc(-c4ccccc4)on3)c(=O)[nH]c2=O)[C@H](OC(C)=O)[C@@H]1OC(C)=O. The number of benzene rings is 1. The Bertz CT molecular complexity index is 1420. The van der Waals surface area contributed by atoms with Crippen LogP contribution in [-0.4, -0.2) is 57.5 Å². The third kappa shape index (κ3) is 5.67. The van der Waals surface area contributed by atoms with E-state index in [1.165, 1.54) is 19.2 Å². The quantitative estimate of drug-likeness (QED) is 0.356. The number of hydrogen-bond acceptors (Lipinski definition) is 11. The molecule has 13 heteroatoms. The van der Waals surface area contributed by atoms with Crippen LogP contribution in [0.5, 0.6) is 0 Å². The van der Waals surface area contributed by atoms with E-state index in [0.29, 0.717) is 5.76 Å². The van der Waals surface area contributed by atoms with Gasteiger partial charge in [0.25, 0.3) is 5.56 Å². The maximum absolute atomic E-state index is 12.8. The highest BCUT2D eigenvalue weighted by molar-refractivity contribution is 5.68. The first-order valence-electron chi connectivity index (χ1n) is 11.1. The molecule has 1 aromatic carbocycles. The third-order valence-electron chi connectivity index (χ3n) is 5.43. The smallest absolute Gasteiger partial charge is 0.330 e. The van der Waals surface area contributed by atoms with Crippen molar-refractivity contribution in [3.05, 3.63) is 63.4 Å². The van der Waals surface area contributed by atoms with E-state index in [1.54, 1.807) is 12.1 Å². The molecule has 194 valence electrons. The fraction of sp³-hybridized carbons (Fsp3) is 0.333. The highest BCUT2D eigenvalue weighted by Gasteiger charge is 2.51. The van der Waals surface area contributed by atoms with Gasteiger partial charge in [-0.2, -0.15) is 0 Å². The van der Waals surface area contributed by atoms with Gasteiger partial charge in [-0.3, -0.25) is 28.7 Å². The lowest BCUT2D eigenvalue weighted by Crippen LogP contribution is -2.42. The van der Waals surface area contributed by atoms with Gasteiger partial charge in [0.1, 0.15) is 18.4 Å². The Labute approximate surface area is 208 Å². The Kier molecular flexibility index (Phi) is 7.34. The lowest BCUT2D eigenvalue weighted by Gasteiger charge is -2.24. The second-order valence-corrected chi connectivity index (χ2v) is 8.17. The minimum Gasteiger partial charge on any atom is -0.463 e. The van der Waals surface area contributed by atoms with Crippen molar-refractivity contribution in [3.63, 3.8) is 0 Å². The second kappa shape index (κ2) is 10.6. The van der Waals surface area contributed by atoms with Gasteiger partial charge in [-0.25, -0.2) is 4.79 Å². The number of aromatic amines is 1. The first-order valence-corrected chi connectivity index (χ1v) is 11.1. The zero-order valence-electron chi connectivity index (χ0n) is 20.0. The van der Waals surface area contributed by atoms with Crippen molar-refractivity contribution in [2.45, 2.75) is 45.3 Å². The van der Waals surface area contributed by atoms with Crippen molar-refractivity contribution in [2.24, 2.45) is 0 Å². The van der Waals surface area contributed by atoms with Gasteiger partial charge in [-0.15, -0.1) is 0 Å². The molecule has 2 aromatic heterocycles. The Morgan fingerprint density at radius 1 is 1.00 bits per heavy atom. The Hall–Kier alpha value is -4.52. The summed E-state index contributed by atoms with van der Waals surface area (Å²) in [5, 5.41) is 3.94. The van der Waals surface area contributed by atoms with E-state index in [4.69, 9.17) is 23.5 Å². The minimum absolute atomic E-state index is 0.0387. The van der Waals surface area contributed by atoms with E-state index >= 15 is 0 Å². The summed E-state index contributed by atoms with van der Waals surface area (Å²) in [6.07, 6.45) is -3.78. The number of rotatable bonds is 7. The fourth-order valence-corrected chi connectivity index (χ4v) is 3.91. The summed E-state index contributed by atoms with van der Waals surface area (Å²) in [5.74, 6) is -1.70. The number of H-pyrrole nitrogens is 1. The fourth-order valence-electron chi connectivity index (χ4n) is 3.91. The average Bonchev–Trinajstić information content (AvgIpc) is 3.44. The van der Waals surface area contributed by atoms with E-state index in [0.717, 1.165) is 24.0 Å². The maximum atomic E-state index is 12.8. The number of hydrogen-bond donors (Lipinski definition) is 1. The van der Waals surface area contributed by atoms with Crippen molar-refractivity contribution >= 4 is 17.9 Å². The monoisotopic (exact) mass is 513 g/mol. The highest BCUT2D eigenvalue weighted by Crippen LogP contribution is 2.34. The molecule has 13 nitrogen and oxygen atoms in total. The molecule has 4 rings (SSSR count). The van der Waals surface area contributed by atoms with Crippen LogP contribution in [0.4, 0.5) is 0 Å². The Balaban J connectivity index is 1.75. The topological polar surface area (TPSA) is 169 Å². The summed E-state index contributed by atoms with van der Waals surface area (Å²) in [4.78, 5) is 62.7. The molecular formula is C24H23N3O10. The van der Waals surface area contributed by atoms with Crippen LogP contribution < -0.4 is 11.2 Å². The molecule has 0 spiro atoms. The van der Waals surface area contributed by atoms with Crippen LogP contribution in [0.25, 0.3) is 22.6 Å². The molecule has 0 radical (unpaired) electrons. The van der Waals surface area contributed by atoms with Crippen LogP contribution in [0.2, 0.25) is 0 Å². The molecule has 1 N–H and O–H groups in total. The zero-order chi connectivity index (χ0) is 26.7. The van der Waals surface area contributed by atoms with Gasteiger partial charge < -0.3 is 23.5 Å². The number of carbonyl (C=O) groups excluding carboxylic acids is 3. The Morgan fingerprint density at radius 3 is 2.32 bits per heavy atom. The van der Waals surface area contributed by atoms with Gasteiger partial charge >= 0.3 is 23.6 Å². The first kappa shape index (κ1) is 25.6. The number of aromatic nitrogens is 3. The summed E-state index contributed by atoms with van der Waals surface area (Å²) in [7, 11) is 0. The molecule has 0 amide bonds.